The molecule has 4 atom stereocenters. The molecule has 0 heterocycles. The minimum Gasteiger partial charge on any atom is -0.325 e. The molecule has 0 radical (unpaired) electrons. The van der Waals surface area contributed by atoms with Gasteiger partial charge in [-0.3, -0.25) is 0 Å². The summed E-state index contributed by atoms with van der Waals surface area (Å²) < 4.78 is 0. The molecule has 4 saturated carbocycles. The van der Waals surface area contributed by atoms with Crippen LogP contribution < -0.4 is 5.73 Å². The molecule has 1 heteroatoms. The van der Waals surface area contributed by atoms with Gasteiger partial charge >= 0.3 is 0 Å². The lowest BCUT2D eigenvalue weighted by Crippen LogP contribution is -2.68. The second kappa shape index (κ2) is 3.98. The first kappa shape index (κ1) is 12.0. The van der Waals surface area contributed by atoms with E-state index in [1.54, 1.807) is 0 Å². The maximum absolute atomic E-state index is 6.97. The van der Waals surface area contributed by atoms with Gasteiger partial charge in [-0.2, -0.15) is 0 Å². The van der Waals surface area contributed by atoms with Gasteiger partial charge < -0.3 is 5.73 Å². The highest BCUT2D eigenvalue weighted by Crippen LogP contribution is 2.66. The van der Waals surface area contributed by atoms with Crippen molar-refractivity contribution in [3.8, 4) is 0 Å². The zero-order valence-corrected chi connectivity index (χ0v) is 11.7. The zero-order valence-electron chi connectivity index (χ0n) is 11.7. The summed E-state index contributed by atoms with van der Waals surface area (Å²) in [6.07, 6.45) is 12.6. The van der Waals surface area contributed by atoms with Gasteiger partial charge in [0, 0.05) is 5.54 Å². The fraction of sp³-hybridized carbons (Fsp3) is 1.00. The molecular formula is C16H29N. The molecule has 0 aromatic carbocycles. The van der Waals surface area contributed by atoms with Gasteiger partial charge in [0.2, 0.25) is 0 Å². The summed E-state index contributed by atoms with van der Waals surface area (Å²) in [6, 6.07) is 0. The number of hydrogen-bond acceptors (Lipinski definition) is 1. The van der Waals surface area contributed by atoms with Crippen LogP contribution in [-0.4, -0.2) is 5.54 Å². The Morgan fingerprint density at radius 1 is 0.941 bits per heavy atom. The van der Waals surface area contributed by atoms with Gasteiger partial charge in [0.25, 0.3) is 0 Å². The second-order valence-corrected chi connectivity index (χ2v) is 7.36. The van der Waals surface area contributed by atoms with Crippen molar-refractivity contribution in [2.45, 2.75) is 77.2 Å². The first-order chi connectivity index (χ1) is 8.13. The van der Waals surface area contributed by atoms with Crippen LogP contribution >= 0.6 is 0 Å². The highest BCUT2D eigenvalue weighted by molar-refractivity contribution is 5.16. The van der Waals surface area contributed by atoms with Crippen LogP contribution in [0, 0.1) is 23.2 Å². The van der Waals surface area contributed by atoms with Crippen molar-refractivity contribution in [3.63, 3.8) is 0 Å². The van der Waals surface area contributed by atoms with Crippen LogP contribution in [0.25, 0.3) is 0 Å². The normalized spacial score (nSPS) is 46.4. The molecule has 2 unspecified atom stereocenters. The number of hydrogen-bond donors (Lipinski definition) is 1. The van der Waals surface area contributed by atoms with Crippen LogP contribution in [0.2, 0.25) is 0 Å². The summed E-state index contributed by atoms with van der Waals surface area (Å²) in [6.45, 7) is 4.71. The Morgan fingerprint density at radius 3 is 1.88 bits per heavy atom. The molecule has 0 aliphatic heterocycles. The molecule has 0 saturated heterocycles. The Hall–Kier alpha value is -0.0400. The highest BCUT2D eigenvalue weighted by Gasteiger charge is 2.62. The van der Waals surface area contributed by atoms with E-state index in [0.717, 1.165) is 17.8 Å². The van der Waals surface area contributed by atoms with E-state index in [2.05, 4.69) is 13.8 Å². The molecule has 17 heavy (non-hydrogen) atoms. The lowest BCUT2D eigenvalue weighted by molar-refractivity contribution is -0.135. The van der Waals surface area contributed by atoms with Crippen molar-refractivity contribution in [3.05, 3.63) is 0 Å². The molecule has 1 nitrogen and oxygen atoms in total. The molecule has 4 fully saturated rings. The molecule has 4 rings (SSSR count). The van der Waals surface area contributed by atoms with E-state index in [-0.39, 0.29) is 5.54 Å². The standard InChI is InChI=1S/C16H29N/c1-3-5-15(6-4-2)14-8-12-7-13(9-14)11-16(15,17)10-12/h12-14H,3-11,17H2,1-2H3/t12-,13+,14?,16?. The number of rotatable bonds is 4. The molecule has 0 aromatic heterocycles. The fourth-order valence-electron chi connectivity index (χ4n) is 6.20. The quantitative estimate of drug-likeness (QED) is 0.779. The van der Waals surface area contributed by atoms with Crippen LogP contribution in [0.3, 0.4) is 0 Å². The van der Waals surface area contributed by atoms with E-state index >= 15 is 0 Å². The maximum Gasteiger partial charge on any atom is 0.0219 e. The summed E-state index contributed by atoms with van der Waals surface area (Å²) in [5.41, 5.74) is 7.71. The van der Waals surface area contributed by atoms with Gasteiger partial charge in [-0.15, -0.1) is 0 Å². The van der Waals surface area contributed by atoms with Gasteiger partial charge in [0.1, 0.15) is 0 Å². The minimum atomic E-state index is 0.216. The van der Waals surface area contributed by atoms with E-state index in [1.165, 1.54) is 57.8 Å². The van der Waals surface area contributed by atoms with Gasteiger partial charge in [-0.25, -0.2) is 0 Å². The fourth-order valence-corrected chi connectivity index (χ4v) is 6.20. The Morgan fingerprint density at radius 2 is 1.47 bits per heavy atom. The average molecular weight is 235 g/mol. The van der Waals surface area contributed by atoms with Crippen LogP contribution in [0.1, 0.15) is 71.6 Å². The van der Waals surface area contributed by atoms with Crippen molar-refractivity contribution in [1.82, 2.24) is 0 Å². The summed E-state index contributed by atoms with van der Waals surface area (Å²) >= 11 is 0. The van der Waals surface area contributed by atoms with E-state index in [0.29, 0.717) is 5.41 Å². The largest absolute Gasteiger partial charge is 0.325 e. The number of nitrogens with two attached hydrogens (primary N) is 1. The van der Waals surface area contributed by atoms with Crippen molar-refractivity contribution >= 4 is 0 Å². The Balaban J connectivity index is 1.96. The molecule has 4 aliphatic rings. The molecule has 0 spiro atoms. The van der Waals surface area contributed by atoms with Crippen molar-refractivity contribution in [2.24, 2.45) is 28.9 Å². The first-order valence-electron chi connectivity index (χ1n) is 7.92. The lowest BCUT2D eigenvalue weighted by atomic mass is 9.40. The van der Waals surface area contributed by atoms with E-state index in [1.807, 2.05) is 0 Å². The molecule has 98 valence electrons. The molecule has 4 aliphatic carbocycles. The molecule has 0 amide bonds. The smallest absolute Gasteiger partial charge is 0.0219 e. The van der Waals surface area contributed by atoms with Crippen LogP contribution in [-0.2, 0) is 0 Å². The van der Waals surface area contributed by atoms with Gasteiger partial charge in [-0.05, 0) is 68.1 Å². The first-order valence-corrected chi connectivity index (χ1v) is 7.92. The van der Waals surface area contributed by atoms with Gasteiger partial charge in [0.15, 0.2) is 0 Å². The topological polar surface area (TPSA) is 26.0 Å². The van der Waals surface area contributed by atoms with Gasteiger partial charge in [-0.1, -0.05) is 26.7 Å². The van der Waals surface area contributed by atoms with E-state index in [4.69, 9.17) is 5.73 Å². The summed E-state index contributed by atoms with van der Waals surface area (Å²) in [4.78, 5) is 0. The molecule has 0 aromatic rings. The highest BCUT2D eigenvalue weighted by atomic mass is 14.9. The third kappa shape index (κ3) is 1.54. The van der Waals surface area contributed by atoms with Crippen molar-refractivity contribution in [1.29, 1.82) is 0 Å². The van der Waals surface area contributed by atoms with E-state index < -0.39 is 0 Å². The van der Waals surface area contributed by atoms with Crippen LogP contribution in [0.15, 0.2) is 0 Å². The minimum absolute atomic E-state index is 0.216. The van der Waals surface area contributed by atoms with Crippen molar-refractivity contribution < 1.29 is 0 Å². The Kier molecular flexibility index (Phi) is 2.81. The van der Waals surface area contributed by atoms with Crippen LogP contribution in [0.5, 0.6) is 0 Å². The molecule has 4 bridgehead atoms. The average Bonchev–Trinajstić information content (AvgIpc) is 2.24. The third-order valence-electron chi connectivity index (χ3n) is 6.37. The molecular weight excluding hydrogens is 206 g/mol. The Bertz CT molecular complexity index is 276. The summed E-state index contributed by atoms with van der Waals surface area (Å²) in [7, 11) is 0. The summed E-state index contributed by atoms with van der Waals surface area (Å²) in [5.74, 6) is 2.94. The summed E-state index contributed by atoms with van der Waals surface area (Å²) in [5, 5.41) is 0. The van der Waals surface area contributed by atoms with Crippen molar-refractivity contribution in [2.75, 3.05) is 0 Å². The maximum atomic E-state index is 6.97. The Labute approximate surface area is 107 Å². The van der Waals surface area contributed by atoms with Crippen LogP contribution in [0.4, 0.5) is 0 Å². The predicted molar refractivity (Wildman–Crippen MR) is 72.7 cm³/mol. The lowest BCUT2D eigenvalue weighted by Gasteiger charge is -2.67. The van der Waals surface area contributed by atoms with Gasteiger partial charge in [0.05, 0.1) is 0 Å². The second-order valence-electron chi connectivity index (χ2n) is 7.36. The SMILES string of the molecule is CCCC1(CCC)C2C[C@@H]3C[C@H](C2)CC1(N)C3. The monoisotopic (exact) mass is 235 g/mol. The zero-order chi connectivity index (χ0) is 12.1. The molecule has 2 N–H and O–H groups in total. The predicted octanol–water partition coefficient (Wildman–Crippen LogP) is 4.11. The third-order valence-corrected chi connectivity index (χ3v) is 6.37. The van der Waals surface area contributed by atoms with E-state index in [9.17, 15) is 0 Å².